The van der Waals surface area contributed by atoms with Gasteiger partial charge >= 0.3 is 5.69 Å². The Bertz CT molecular complexity index is 1570. The number of benzene rings is 1. The second-order valence-electron chi connectivity index (χ2n) is 8.64. The zero-order valence-corrected chi connectivity index (χ0v) is 19.7. The molecule has 0 unspecified atom stereocenters. The van der Waals surface area contributed by atoms with Crippen molar-refractivity contribution >= 4 is 34.4 Å². The summed E-state index contributed by atoms with van der Waals surface area (Å²) in [7, 11) is 3.48. The molecule has 0 spiro atoms. The maximum absolute atomic E-state index is 13.7. The van der Waals surface area contributed by atoms with Gasteiger partial charge in [-0.2, -0.15) is 10.1 Å². The monoisotopic (exact) mass is 465 g/mol. The quantitative estimate of drug-likeness (QED) is 0.434. The number of anilines is 2. The molecule has 1 aliphatic rings. The summed E-state index contributed by atoms with van der Waals surface area (Å²) in [5.74, 6) is 0.591. The van der Waals surface area contributed by atoms with Gasteiger partial charge in [0.1, 0.15) is 0 Å². The van der Waals surface area contributed by atoms with Gasteiger partial charge in [0.25, 0.3) is 5.56 Å². The van der Waals surface area contributed by atoms with Crippen molar-refractivity contribution in [3.05, 3.63) is 79.2 Å². The second-order valence-corrected chi connectivity index (χ2v) is 9.05. The molecule has 0 saturated heterocycles. The summed E-state index contributed by atoms with van der Waals surface area (Å²) in [5.41, 5.74) is 4.40. The lowest BCUT2D eigenvalue weighted by atomic mass is 10.1. The average Bonchev–Trinajstić information content (AvgIpc) is 3.36. The van der Waals surface area contributed by atoms with E-state index in [0.29, 0.717) is 35.2 Å². The van der Waals surface area contributed by atoms with Crippen molar-refractivity contribution in [2.24, 2.45) is 14.1 Å². The van der Waals surface area contributed by atoms with E-state index in [9.17, 15) is 9.59 Å². The molecule has 9 nitrogen and oxygen atoms in total. The van der Waals surface area contributed by atoms with Crippen LogP contribution in [0.4, 0.5) is 11.6 Å². The minimum absolute atomic E-state index is 0.152. The molecule has 5 rings (SSSR count). The van der Waals surface area contributed by atoms with Crippen LogP contribution in [-0.2, 0) is 27.2 Å². The molecule has 1 aromatic carbocycles. The number of hydrogen-bond acceptors (Lipinski definition) is 5. The molecule has 0 radical (unpaired) electrons. The van der Waals surface area contributed by atoms with Gasteiger partial charge in [-0.1, -0.05) is 24.2 Å². The second kappa shape index (κ2) is 7.48. The van der Waals surface area contributed by atoms with E-state index in [1.807, 2.05) is 48.7 Å². The van der Waals surface area contributed by atoms with Crippen LogP contribution >= 0.6 is 11.6 Å². The highest BCUT2D eigenvalue weighted by Crippen LogP contribution is 2.32. The van der Waals surface area contributed by atoms with Gasteiger partial charge in [-0.15, -0.1) is 0 Å². The number of aromatic nitrogens is 6. The first-order valence-corrected chi connectivity index (χ1v) is 10.9. The molecular formula is C23H24ClN7O2. The Kier molecular flexibility index (Phi) is 4.82. The minimum atomic E-state index is -0.415. The summed E-state index contributed by atoms with van der Waals surface area (Å²) in [6.45, 7) is 9.15. The zero-order chi connectivity index (χ0) is 23.6. The lowest BCUT2D eigenvalue weighted by molar-refractivity contribution is 0.648. The van der Waals surface area contributed by atoms with Crippen LogP contribution in [0.25, 0.3) is 11.2 Å². The molecule has 0 aliphatic carbocycles. The van der Waals surface area contributed by atoms with Gasteiger partial charge in [0.2, 0.25) is 5.95 Å². The fraction of sp³-hybridized carbons (Fsp3) is 0.304. The first-order valence-electron chi connectivity index (χ1n) is 10.5. The summed E-state index contributed by atoms with van der Waals surface area (Å²) in [6.07, 6.45) is 3.62. The minimum Gasteiger partial charge on any atom is -0.305 e. The highest BCUT2D eigenvalue weighted by Gasteiger charge is 2.29. The van der Waals surface area contributed by atoms with Gasteiger partial charge in [-0.05, 0) is 42.2 Å². The summed E-state index contributed by atoms with van der Waals surface area (Å²) in [4.78, 5) is 33.5. The molecule has 0 amide bonds. The van der Waals surface area contributed by atoms with Gasteiger partial charge in [-0.3, -0.25) is 23.2 Å². The van der Waals surface area contributed by atoms with Crippen molar-refractivity contribution in [2.45, 2.75) is 26.9 Å². The molecule has 10 heteroatoms. The van der Waals surface area contributed by atoms with E-state index >= 15 is 0 Å². The molecule has 0 N–H and O–H groups in total. The molecule has 0 atom stereocenters. The average molecular weight is 466 g/mol. The standard InChI is InChI=1S/C23H24ClN7O2/c1-13-9-29(17-8-25-27(4)12-17)22-26-20-19(30(22)10-13)21(32)31(23(33)28(20)5)11-16-6-15(3)18(24)7-14(16)2/h6-8,12H,1,9-11H2,2-5H3. The molecule has 0 bridgehead atoms. The number of imidazole rings is 1. The number of fused-ring (bicyclic) bond motifs is 3. The number of nitrogens with zero attached hydrogens (tertiary/aromatic N) is 7. The number of hydrogen-bond donors (Lipinski definition) is 0. The van der Waals surface area contributed by atoms with E-state index in [1.54, 1.807) is 17.9 Å². The summed E-state index contributed by atoms with van der Waals surface area (Å²) < 4.78 is 6.24. The van der Waals surface area contributed by atoms with Crippen LogP contribution in [-0.4, -0.2) is 35.0 Å². The molecule has 0 fully saturated rings. The Hall–Kier alpha value is -3.59. The SMILES string of the molecule is C=C1CN(c2cnn(C)c2)c2nc3c(c(=O)n(Cc4cc(C)c(Cl)cc4C)c(=O)n3C)n2C1. The fourth-order valence-electron chi connectivity index (χ4n) is 4.36. The highest BCUT2D eigenvalue weighted by atomic mass is 35.5. The summed E-state index contributed by atoms with van der Waals surface area (Å²) >= 11 is 6.23. The van der Waals surface area contributed by atoms with Gasteiger partial charge in [-0.25, -0.2) is 4.79 Å². The van der Waals surface area contributed by atoms with Crippen molar-refractivity contribution in [1.29, 1.82) is 0 Å². The molecule has 1 aliphatic heterocycles. The van der Waals surface area contributed by atoms with Gasteiger partial charge in [0.05, 0.1) is 18.4 Å². The maximum atomic E-state index is 13.7. The van der Waals surface area contributed by atoms with Gasteiger partial charge in [0.15, 0.2) is 11.2 Å². The lowest BCUT2D eigenvalue weighted by Gasteiger charge is -2.29. The number of aryl methyl sites for hydroxylation is 4. The van der Waals surface area contributed by atoms with Crippen LogP contribution in [0.5, 0.6) is 0 Å². The van der Waals surface area contributed by atoms with Crippen LogP contribution in [0.3, 0.4) is 0 Å². The smallest absolute Gasteiger partial charge is 0.305 e. The number of rotatable bonds is 3. The summed E-state index contributed by atoms with van der Waals surface area (Å²) in [6, 6.07) is 3.78. The molecule has 3 aromatic heterocycles. The maximum Gasteiger partial charge on any atom is 0.332 e. The molecule has 170 valence electrons. The molecule has 4 aromatic rings. The Morgan fingerprint density at radius 2 is 1.88 bits per heavy atom. The first-order chi connectivity index (χ1) is 15.7. The highest BCUT2D eigenvalue weighted by molar-refractivity contribution is 6.31. The van der Waals surface area contributed by atoms with E-state index in [1.165, 1.54) is 9.13 Å². The largest absolute Gasteiger partial charge is 0.332 e. The van der Waals surface area contributed by atoms with Gasteiger partial charge in [0, 0.05) is 38.4 Å². The Balaban J connectivity index is 1.73. The predicted molar refractivity (Wildman–Crippen MR) is 129 cm³/mol. The third-order valence-electron chi connectivity index (χ3n) is 6.17. The van der Waals surface area contributed by atoms with Crippen LogP contribution in [0.2, 0.25) is 5.02 Å². The summed E-state index contributed by atoms with van der Waals surface area (Å²) in [5, 5.41) is 4.91. The normalized spacial score (nSPS) is 13.7. The third-order valence-corrected chi connectivity index (χ3v) is 6.57. The van der Waals surface area contributed by atoms with Crippen molar-refractivity contribution in [2.75, 3.05) is 11.4 Å². The molecule has 33 heavy (non-hydrogen) atoms. The Morgan fingerprint density at radius 3 is 2.58 bits per heavy atom. The van der Waals surface area contributed by atoms with Crippen molar-refractivity contribution in [3.8, 4) is 0 Å². The fourth-order valence-corrected chi connectivity index (χ4v) is 4.58. The van der Waals surface area contributed by atoms with E-state index in [2.05, 4.69) is 11.7 Å². The van der Waals surface area contributed by atoms with E-state index in [0.717, 1.165) is 28.0 Å². The van der Waals surface area contributed by atoms with E-state index < -0.39 is 5.69 Å². The third kappa shape index (κ3) is 3.31. The first kappa shape index (κ1) is 21.3. The van der Waals surface area contributed by atoms with Crippen LogP contribution in [0, 0.1) is 13.8 Å². The Labute approximate surface area is 194 Å². The van der Waals surface area contributed by atoms with Crippen molar-refractivity contribution < 1.29 is 0 Å². The van der Waals surface area contributed by atoms with Crippen LogP contribution < -0.4 is 16.1 Å². The zero-order valence-electron chi connectivity index (χ0n) is 19.0. The Morgan fingerprint density at radius 1 is 1.12 bits per heavy atom. The van der Waals surface area contributed by atoms with Crippen LogP contribution in [0.15, 0.2) is 46.3 Å². The molecule has 0 saturated carbocycles. The van der Waals surface area contributed by atoms with Crippen molar-refractivity contribution in [1.82, 2.24) is 28.5 Å². The van der Waals surface area contributed by atoms with Crippen molar-refractivity contribution in [3.63, 3.8) is 0 Å². The van der Waals surface area contributed by atoms with E-state index in [-0.39, 0.29) is 12.1 Å². The van der Waals surface area contributed by atoms with Crippen LogP contribution in [0.1, 0.15) is 16.7 Å². The predicted octanol–water partition coefficient (Wildman–Crippen LogP) is 2.66. The van der Waals surface area contributed by atoms with E-state index in [4.69, 9.17) is 16.6 Å². The molecule has 4 heterocycles. The molecular weight excluding hydrogens is 442 g/mol. The topological polar surface area (TPSA) is 82.9 Å². The number of halogens is 1. The lowest BCUT2D eigenvalue weighted by Crippen LogP contribution is -2.40. The van der Waals surface area contributed by atoms with Gasteiger partial charge < -0.3 is 4.90 Å².